The van der Waals surface area contributed by atoms with E-state index < -0.39 is 0 Å². The van der Waals surface area contributed by atoms with Gasteiger partial charge in [0.05, 0.1) is 6.26 Å². The quantitative estimate of drug-likeness (QED) is 0.692. The molecule has 0 spiro atoms. The van der Waals surface area contributed by atoms with Gasteiger partial charge < -0.3 is 9.73 Å². The molecule has 2 heteroatoms. The molecular weight excluding hydrogens is 150 g/mol. The van der Waals surface area contributed by atoms with Crippen LogP contribution >= 0.6 is 0 Å². The maximum atomic E-state index is 5.24. The smallest absolute Gasteiger partial charge is 0.129 e. The minimum atomic E-state index is 0.964. The van der Waals surface area contributed by atoms with Crippen LogP contribution in [0.4, 0.5) is 0 Å². The Morgan fingerprint density at radius 1 is 1.67 bits per heavy atom. The summed E-state index contributed by atoms with van der Waals surface area (Å²) in [6, 6.07) is 3.88. The lowest BCUT2D eigenvalue weighted by Crippen LogP contribution is -2.05. The van der Waals surface area contributed by atoms with Crippen LogP contribution in [0.3, 0.4) is 0 Å². The van der Waals surface area contributed by atoms with Crippen molar-refractivity contribution < 1.29 is 4.42 Å². The summed E-state index contributed by atoms with van der Waals surface area (Å²) in [4.78, 5) is 0. The molecule has 0 amide bonds. The van der Waals surface area contributed by atoms with Gasteiger partial charge in [-0.15, -0.1) is 0 Å². The molecule has 0 saturated carbocycles. The van der Waals surface area contributed by atoms with Crippen LogP contribution in [0, 0.1) is 0 Å². The SMILES string of the molecule is CNCCC=C(C)c1ccco1. The van der Waals surface area contributed by atoms with Crippen molar-refractivity contribution in [3.05, 3.63) is 30.2 Å². The third-order valence-electron chi connectivity index (χ3n) is 1.75. The van der Waals surface area contributed by atoms with Crippen molar-refractivity contribution in [2.24, 2.45) is 0 Å². The summed E-state index contributed by atoms with van der Waals surface area (Å²) >= 11 is 0. The van der Waals surface area contributed by atoms with Crippen LogP contribution in [-0.2, 0) is 0 Å². The molecule has 0 fully saturated rings. The van der Waals surface area contributed by atoms with Crippen molar-refractivity contribution in [2.45, 2.75) is 13.3 Å². The molecule has 0 atom stereocenters. The largest absolute Gasteiger partial charge is 0.465 e. The van der Waals surface area contributed by atoms with Gasteiger partial charge in [-0.1, -0.05) is 6.08 Å². The molecule has 0 saturated heterocycles. The van der Waals surface area contributed by atoms with Gasteiger partial charge >= 0.3 is 0 Å². The highest BCUT2D eigenvalue weighted by Crippen LogP contribution is 2.13. The Labute approximate surface area is 73.3 Å². The molecule has 2 nitrogen and oxygen atoms in total. The van der Waals surface area contributed by atoms with Crippen LogP contribution in [0.25, 0.3) is 5.57 Å². The van der Waals surface area contributed by atoms with Gasteiger partial charge in [-0.05, 0) is 44.6 Å². The van der Waals surface area contributed by atoms with E-state index in [1.54, 1.807) is 6.26 Å². The maximum absolute atomic E-state index is 5.24. The highest BCUT2D eigenvalue weighted by Gasteiger charge is 1.95. The number of rotatable bonds is 4. The summed E-state index contributed by atoms with van der Waals surface area (Å²) in [6.45, 7) is 3.08. The van der Waals surface area contributed by atoms with Crippen molar-refractivity contribution in [1.82, 2.24) is 5.32 Å². The predicted octanol–water partition coefficient (Wildman–Crippen LogP) is 2.29. The summed E-state index contributed by atoms with van der Waals surface area (Å²) in [5.41, 5.74) is 1.20. The van der Waals surface area contributed by atoms with Gasteiger partial charge in [0, 0.05) is 0 Å². The predicted molar refractivity (Wildman–Crippen MR) is 50.9 cm³/mol. The van der Waals surface area contributed by atoms with Crippen LogP contribution in [0.15, 0.2) is 28.9 Å². The van der Waals surface area contributed by atoms with E-state index in [4.69, 9.17) is 4.42 Å². The number of hydrogen-bond donors (Lipinski definition) is 1. The van der Waals surface area contributed by atoms with E-state index in [9.17, 15) is 0 Å². The zero-order chi connectivity index (χ0) is 8.81. The van der Waals surface area contributed by atoms with E-state index in [1.165, 1.54) is 5.57 Å². The zero-order valence-corrected chi connectivity index (χ0v) is 7.63. The Balaban J connectivity index is 2.47. The molecule has 1 aromatic heterocycles. The fraction of sp³-hybridized carbons (Fsp3) is 0.400. The minimum Gasteiger partial charge on any atom is -0.465 e. The van der Waals surface area contributed by atoms with Gasteiger partial charge in [0.2, 0.25) is 0 Å². The second-order valence-corrected chi connectivity index (χ2v) is 2.76. The lowest BCUT2D eigenvalue weighted by Gasteiger charge is -1.96. The minimum absolute atomic E-state index is 0.964. The van der Waals surface area contributed by atoms with E-state index in [0.717, 1.165) is 18.7 Å². The molecule has 0 radical (unpaired) electrons. The summed E-state index contributed by atoms with van der Waals surface area (Å²) in [5, 5.41) is 3.09. The molecule has 0 aliphatic heterocycles. The first-order valence-electron chi connectivity index (χ1n) is 4.20. The number of hydrogen-bond acceptors (Lipinski definition) is 2. The third-order valence-corrected chi connectivity index (χ3v) is 1.75. The summed E-state index contributed by atoms with van der Waals surface area (Å²) in [7, 11) is 1.95. The van der Waals surface area contributed by atoms with Crippen molar-refractivity contribution in [3.8, 4) is 0 Å². The van der Waals surface area contributed by atoms with Crippen LogP contribution in [0.5, 0.6) is 0 Å². The van der Waals surface area contributed by atoms with Crippen LogP contribution in [0.1, 0.15) is 19.1 Å². The normalized spacial score (nSPS) is 12.0. The van der Waals surface area contributed by atoms with E-state index in [-0.39, 0.29) is 0 Å². The average Bonchev–Trinajstić information content (AvgIpc) is 2.56. The lowest BCUT2D eigenvalue weighted by molar-refractivity contribution is 0.552. The number of allylic oxidation sites excluding steroid dienone is 1. The highest BCUT2D eigenvalue weighted by atomic mass is 16.3. The standard InChI is InChI=1S/C10H15NO/c1-9(5-3-7-11-2)10-6-4-8-12-10/h4-6,8,11H,3,7H2,1-2H3. The average molecular weight is 165 g/mol. The van der Waals surface area contributed by atoms with Crippen molar-refractivity contribution >= 4 is 5.57 Å². The molecule has 0 aliphatic rings. The maximum Gasteiger partial charge on any atom is 0.129 e. The van der Waals surface area contributed by atoms with Gasteiger partial charge in [-0.3, -0.25) is 0 Å². The van der Waals surface area contributed by atoms with Gasteiger partial charge in [0.25, 0.3) is 0 Å². The van der Waals surface area contributed by atoms with Gasteiger partial charge in [-0.25, -0.2) is 0 Å². The third kappa shape index (κ3) is 2.55. The second kappa shape index (κ2) is 4.78. The molecule has 66 valence electrons. The molecular formula is C10H15NO. The Bertz CT molecular complexity index is 236. The molecule has 0 aliphatic carbocycles. The van der Waals surface area contributed by atoms with Gasteiger partial charge in [0.15, 0.2) is 0 Å². The molecule has 1 aromatic rings. The van der Waals surface area contributed by atoms with Crippen LogP contribution in [0.2, 0.25) is 0 Å². The monoisotopic (exact) mass is 165 g/mol. The van der Waals surface area contributed by atoms with Gasteiger partial charge in [-0.2, -0.15) is 0 Å². The van der Waals surface area contributed by atoms with E-state index >= 15 is 0 Å². The fourth-order valence-electron chi connectivity index (χ4n) is 1.04. The number of nitrogens with one attached hydrogen (secondary N) is 1. The summed E-state index contributed by atoms with van der Waals surface area (Å²) < 4.78 is 5.24. The summed E-state index contributed by atoms with van der Waals surface area (Å²) in [5.74, 6) is 0.964. The van der Waals surface area contributed by atoms with Crippen LogP contribution in [-0.4, -0.2) is 13.6 Å². The highest BCUT2D eigenvalue weighted by molar-refractivity contribution is 5.58. The van der Waals surface area contributed by atoms with Crippen LogP contribution < -0.4 is 5.32 Å². The topological polar surface area (TPSA) is 25.2 Å². The fourth-order valence-corrected chi connectivity index (χ4v) is 1.04. The van der Waals surface area contributed by atoms with Crippen molar-refractivity contribution in [3.63, 3.8) is 0 Å². The molecule has 1 N–H and O–H groups in total. The van der Waals surface area contributed by atoms with Crippen molar-refractivity contribution in [1.29, 1.82) is 0 Å². The Morgan fingerprint density at radius 3 is 3.08 bits per heavy atom. The van der Waals surface area contributed by atoms with E-state index in [2.05, 4.69) is 18.3 Å². The summed E-state index contributed by atoms with van der Waals surface area (Å²) in [6.07, 6.45) is 4.92. The Kier molecular flexibility index (Phi) is 3.61. The van der Waals surface area contributed by atoms with Gasteiger partial charge in [0.1, 0.15) is 5.76 Å². The van der Waals surface area contributed by atoms with E-state index in [0.29, 0.717) is 0 Å². The molecule has 0 bridgehead atoms. The molecule has 0 aromatic carbocycles. The van der Waals surface area contributed by atoms with Crippen molar-refractivity contribution in [2.75, 3.05) is 13.6 Å². The molecule has 12 heavy (non-hydrogen) atoms. The molecule has 1 heterocycles. The second-order valence-electron chi connectivity index (χ2n) is 2.76. The molecule has 0 unspecified atom stereocenters. The first-order chi connectivity index (χ1) is 5.84. The Hall–Kier alpha value is -1.02. The van der Waals surface area contributed by atoms with E-state index in [1.807, 2.05) is 19.2 Å². The first kappa shape index (κ1) is 9.07. The first-order valence-corrected chi connectivity index (χ1v) is 4.20. The molecule has 1 rings (SSSR count). The Morgan fingerprint density at radius 2 is 2.50 bits per heavy atom. The zero-order valence-electron chi connectivity index (χ0n) is 7.63. The lowest BCUT2D eigenvalue weighted by atomic mass is 10.2. The number of furan rings is 1.